The Morgan fingerprint density at radius 2 is 1.56 bits per heavy atom. The number of rotatable bonds is 12. The van der Waals surface area contributed by atoms with Crippen molar-refractivity contribution >= 4 is 12.1 Å². The Hall–Kier alpha value is -2.38. The quantitative estimate of drug-likeness (QED) is 0.574. The van der Waals surface area contributed by atoms with Gasteiger partial charge in [-0.1, -0.05) is 60.7 Å². The highest BCUT2D eigenvalue weighted by Crippen LogP contribution is 2.11. The van der Waals surface area contributed by atoms with Crippen LogP contribution in [0.4, 0.5) is 0 Å². The molecule has 0 unspecified atom stereocenters. The van der Waals surface area contributed by atoms with Gasteiger partial charge in [-0.25, -0.2) is 0 Å². The van der Waals surface area contributed by atoms with E-state index in [2.05, 4.69) is 0 Å². The fourth-order valence-electron chi connectivity index (χ4n) is 2.54. The van der Waals surface area contributed by atoms with E-state index in [4.69, 9.17) is 14.2 Å². The van der Waals surface area contributed by atoms with Gasteiger partial charge < -0.3 is 24.1 Å². The minimum Gasteiger partial charge on any atom is -0.387 e. The van der Waals surface area contributed by atoms with Crippen molar-refractivity contribution < 1.29 is 28.9 Å². The van der Waals surface area contributed by atoms with Crippen molar-refractivity contribution in [2.75, 3.05) is 13.7 Å². The Balaban J connectivity index is 1.86. The minimum atomic E-state index is -1.43. The summed E-state index contributed by atoms with van der Waals surface area (Å²) in [6, 6.07) is 18.6. The first kappa shape index (κ1) is 20.9. The molecule has 0 amide bonds. The number of carbonyl (C=O) groups excluding carboxylic acids is 2. The maximum atomic E-state index is 12.3. The molecule has 0 aliphatic rings. The minimum absolute atomic E-state index is 0.135. The van der Waals surface area contributed by atoms with Crippen LogP contribution in [0.15, 0.2) is 60.7 Å². The van der Waals surface area contributed by atoms with E-state index in [1.807, 2.05) is 60.7 Å². The molecule has 144 valence electrons. The number of methoxy groups -OCH3 is 1. The number of aliphatic hydroxyl groups is 1. The molecule has 6 nitrogen and oxygen atoms in total. The standard InChI is InChI=1S/C21H24O6/c1-25-21(18(23)15-26-13-16-8-4-2-5-9-16)20(24)19(12-22)27-14-17-10-6-3-7-11-17/h2-12,19-21,24H,13-15H2,1H3/t19-,20-,21-/m0/s1. The van der Waals surface area contributed by atoms with Crippen molar-refractivity contribution in [3.05, 3.63) is 71.8 Å². The molecular formula is C21H24O6. The Labute approximate surface area is 158 Å². The van der Waals surface area contributed by atoms with Crippen LogP contribution in [-0.2, 0) is 37.0 Å². The third kappa shape index (κ3) is 6.69. The summed E-state index contributed by atoms with van der Waals surface area (Å²) in [4.78, 5) is 23.6. The van der Waals surface area contributed by atoms with Crippen LogP contribution >= 0.6 is 0 Å². The van der Waals surface area contributed by atoms with Crippen LogP contribution in [0.3, 0.4) is 0 Å². The summed E-state index contributed by atoms with van der Waals surface area (Å²) in [5.74, 6) is -0.462. The molecule has 0 spiro atoms. The van der Waals surface area contributed by atoms with Crippen molar-refractivity contribution in [3.8, 4) is 0 Å². The van der Waals surface area contributed by atoms with Gasteiger partial charge in [0, 0.05) is 7.11 Å². The van der Waals surface area contributed by atoms with E-state index in [9.17, 15) is 14.7 Å². The maximum Gasteiger partial charge on any atom is 0.189 e. The van der Waals surface area contributed by atoms with Gasteiger partial charge in [0.15, 0.2) is 12.1 Å². The number of ether oxygens (including phenoxy) is 3. The summed E-state index contributed by atoms with van der Waals surface area (Å²) in [7, 11) is 1.29. The molecule has 0 saturated carbocycles. The Kier molecular flexibility index (Phi) is 8.80. The van der Waals surface area contributed by atoms with Crippen molar-refractivity contribution in [2.24, 2.45) is 0 Å². The molecular weight excluding hydrogens is 348 g/mol. The molecule has 0 aliphatic heterocycles. The number of aldehydes is 1. The lowest BCUT2D eigenvalue weighted by atomic mass is 10.0. The first-order valence-electron chi connectivity index (χ1n) is 8.61. The van der Waals surface area contributed by atoms with Gasteiger partial charge in [-0.2, -0.15) is 0 Å². The number of hydrogen-bond donors (Lipinski definition) is 1. The molecule has 0 radical (unpaired) electrons. The lowest BCUT2D eigenvalue weighted by molar-refractivity contribution is -0.154. The molecule has 1 N–H and O–H groups in total. The van der Waals surface area contributed by atoms with E-state index in [0.29, 0.717) is 6.29 Å². The van der Waals surface area contributed by atoms with Crippen LogP contribution in [-0.4, -0.2) is 49.2 Å². The zero-order valence-corrected chi connectivity index (χ0v) is 15.2. The van der Waals surface area contributed by atoms with E-state index < -0.39 is 24.1 Å². The van der Waals surface area contributed by atoms with Crippen molar-refractivity contribution in [3.63, 3.8) is 0 Å². The second-order valence-electron chi connectivity index (χ2n) is 5.99. The van der Waals surface area contributed by atoms with Gasteiger partial charge in [0.25, 0.3) is 0 Å². The fraction of sp³-hybridized carbons (Fsp3) is 0.333. The van der Waals surface area contributed by atoms with Crippen molar-refractivity contribution in [2.45, 2.75) is 31.5 Å². The first-order valence-corrected chi connectivity index (χ1v) is 8.61. The molecule has 6 heteroatoms. The van der Waals surface area contributed by atoms with Gasteiger partial charge in [-0.15, -0.1) is 0 Å². The van der Waals surface area contributed by atoms with E-state index in [0.717, 1.165) is 11.1 Å². The average Bonchev–Trinajstić information content (AvgIpc) is 2.70. The molecule has 0 heterocycles. The van der Waals surface area contributed by atoms with Gasteiger partial charge in [0.2, 0.25) is 0 Å². The smallest absolute Gasteiger partial charge is 0.189 e. The highest BCUT2D eigenvalue weighted by molar-refractivity contribution is 5.85. The summed E-state index contributed by atoms with van der Waals surface area (Å²) in [6.45, 7) is 0.159. The third-order valence-corrected chi connectivity index (χ3v) is 3.99. The fourth-order valence-corrected chi connectivity index (χ4v) is 2.54. The zero-order chi connectivity index (χ0) is 19.5. The SMILES string of the molecule is CO[C@@H](C(=O)COCc1ccccc1)[C@@H](O)[C@H](C=O)OCc1ccccc1. The summed E-state index contributed by atoms with van der Waals surface area (Å²) in [5.41, 5.74) is 1.78. The monoisotopic (exact) mass is 372 g/mol. The zero-order valence-electron chi connectivity index (χ0n) is 15.2. The van der Waals surface area contributed by atoms with Gasteiger partial charge in [-0.3, -0.25) is 4.79 Å². The molecule has 2 rings (SSSR count). The topological polar surface area (TPSA) is 82.1 Å². The van der Waals surface area contributed by atoms with Crippen LogP contribution in [0.2, 0.25) is 0 Å². The van der Waals surface area contributed by atoms with Gasteiger partial charge in [0.05, 0.1) is 13.2 Å². The van der Waals surface area contributed by atoms with Gasteiger partial charge in [-0.05, 0) is 11.1 Å². The highest BCUT2D eigenvalue weighted by atomic mass is 16.5. The molecule has 0 bridgehead atoms. The molecule has 3 atom stereocenters. The predicted octanol–water partition coefficient (Wildman–Crippen LogP) is 1.93. The summed E-state index contributed by atoms with van der Waals surface area (Å²) < 4.78 is 15.9. The lowest BCUT2D eigenvalue weighted by Crippen LogP contribution is -2.46. The van der Waals surface area contributed by atoms with Crippen LogP contribution < -0.4 is 0 Å². The normalized spacial score (nSPS) is 14.3. The number of ketones is 1. The molecule has 0 aliphatic carbocycles. The largest absolute Gasteiger partial charge is 0.387 e. The second-order valence-corrected chi connectivity index (χ2v) is 5.99. The van der Waals surface area contributed by atoms with Crippen LogP contribution in [0.1, 0.15) is 11.1 Å². The maximum absolute atomic E-state index is 12.3. The summed E-state index contributed by atoms with van der Waals surface area (Å²) in [5, 5.41) is 10.4. The lowest BCUT2D eigenvalue weighted by Gasteiger charge is -2.25. The van der Waals surface area contributed by atoms with Crippen LogP contribution in [0.25, 0.3) is 0 Å². The number of aliphatic hydroxyl groups excluding tert-OH is 1. The highest BCUT2D eigenvalue weighted by Gasteiger charge is 2.33. The Morgan fingerprint density at radius 1 is 1.00 bits per heavy atom. The van der Waals surface area contributed by atoms with Crippen LogP contribution in [0, 0.1) is 0 Å². The average molecular weight is 372 g/mol. The summed E-state index contributed by atoms with van der Waals surface area (Å²) >= 11 is 0. The second kappa shape index (κ2) is 11.4. The number of carbonyl (C=O) groups is 2. The molecule has 27 heavy (non-hydrogen) atoms. The number of benzene rings is 2. The Bertz CT molecular complexity index is 688. The van der Waals surface area contributed by atoms with Gasteiger partial charge in [0.1, 0.15) is 24.9 Å². The predicted molar refractivity (Wildman–Crippen MR) is 99.0 cm³/mol. The molecule has 0 aromatic heterocycles. The number of Topliss-reactive ketones (excluding diaryl/α,β-unsaturated/α-hetero) is 1. The van der Waals surface area contributed by atoms with Gasteiger partial charge >= 0.3 is 0 Å². The van der Waals surface area contributed by atoms with E-state index in [1.165, 1.54) is 7.11 Å². The van der Waals surface area contributed by atoms with Crippen molar-refractivity contribution in [1.29, 1.82) is 0 Å². The third-order valence-electron chi connectivity index (χ3n) is 3.99. The van der Waals surface area contributed by atoms with E-state index in [-0.39, 0.29) is 19.8 Å². The first-order chi connectivity index (χ1) is 13.2. The summed E-state index contributed by atoms with van der Waals surface area (Å²) in [6.07, 6.45) is -3.36. The van der Waals surface area contributed by atoms with Crippen molar-refractivity contribution in [1.82, 2.24) is 0 Å². The number of hydrogen-bond acceptors (Lipinski definition) is 6. The van der Waals surface area contributed by atoms with E-state index in [1.54, 1.807) is 0 Å². The molecule has 0 saturated heterocycles. The molecule has 2 aromatic rings. The van der Waals surface area contributed by atoms with E-state index >= 15 is 0 Å². The molecule has 2 aromatic carbocycles. The van der Waals surface area contributed by atoms with Crippen LogP contribution in [0.5, 0.6) is 0 Å². The Morgan fingerprint density at radius 3 is 2.07 bits per heavy atom. The molecule has 0 fully saturated rings.